The fourth-order valence-corrected chi connectivity index (χ4v) is 4.24. The number of pyridine rings is 1. The largest absolute Gasteiger partial charge is 0.503 e. The van der Waals surface area contributed by atoms with Gasteiger partial charge in [-0.3, -0.25) is 14.6 Å². The molecule has 0 saturated heterocycles. The highest BCUT2D eigenvalue weighted by Crippen LogP contribution is 2.39. The van der Waals surface area contributed by atoms with E-state index in [1.165, 1.54) is 4.90 Å². The first-order chi connectivity index (χ1) is 17.5. The number of ketones is 1. The summed E-state index contributed by atoms with van der Waals surface area (Å²) in [5, 5.41) is 10.8. The third kappa shape index (κ3) is 5.51. The fourth-order valence-electron chi connectivity index (χ4n) is 4.24. The van der Waals surface area contributed by atoms with Gasteiger partial charge in [-0.2, -0.15) is 0 Å². The number of esters is 1. The summed E-state index contributed by atoms with van der Waals surface area (Å²) in [6.45, 7) is 2.41. The minimum atomic E-state index is -0.760. The number of aliphatic hydroxyl groups excluding tert-OH is 1. The summed E-state index contributed by atoms with van der Waals surface area (Å²) in [6.07, 6.45) is 4.61. The molecule has 0 aliphatic carbocycles. The predicted octanol–water partition coefficient (Wildman–Crippen LogP) is 4.75. The van der Waals surface area contributed by atoms with Gasteiger partial charge in [-0.1, -0.05) is 55.5 Å². The second-order valence-corrected chi connectivity index (χ2v) is 8.63. The molecule has 0 spiro atoms. The number of aromatic nitrogens is 1. The number of aliphatic hydroxyl groups is 1. The van der Waals surface area contributed by atoms with E-state index in [2.05, 4.69) is 4.98 Å². The zero-order valence-electron chi connectivity index (χ0n) is 20.1. The van der Waals surface area contributed by atoms with Gasteiger partial charge in [0.25, 0.3) is 5.91 Å². The molecule has 1 unspecified atom stereocenters. The van der Waals surface area contributed by atoms with E-state index < -0.39 is 23.7 Å². The molecule has 36 heavy (non-hydrogen) atoms. The Morgan fingerprint density at radius 3 is 2.42 bits per heavy atom. The molecule has 1 aromatic heterocycles. The van der Waals surface area contributed by atoms with Crippen LogP contribution in [0.4, 0.5) is 0 Å². The van der Waals surface area contributed by atoms with Gasteiger partial charge >= 0.3 is 5.97 Å². The Morgan fingerprint density at radius 2 is 1.75 bits per heavy atom. The Hall–Kier alpha value is -4.26. The van der Waals surface area contributed by atoms with Crippen LogP contribution in [0, 0.1) is 0 Å². The molecular weight excluding hydrogens is 456 g/mol. The molecule has 2 heterocycles. The highest BCUT2D eigenvalue weighted by molar-refractivity contribution is 6.09. The molecule has 0 saturated carbocycles. The molecule has 3 aromatic rings. The molecule has 1 N–H and O–H groups in total. The van der Waals surface area contributed by atoms with E-state index in [0.29, 0.717) is 24.2 Å². The van der Waals surface area contributed by atoms with E-state index >= 15 is 0 Å². The van der Waals surface area contributed by atoms with Crippen molar-refractivity contribution in [3.63, 3.8) is 0 Å². The number of ether oxygens (including phenoxy) is 1. The summed E-state index contributed by atoms with van der Waals surface area (Å²) in [4.78, 5) is 44.2. The van der Waals surface area contributed by atoms with Crippen LogP contribution >= 0.6 is 0 Å². The Morgan fingerprint density at radius 1 is 1.00 bits per heavy atom. The van der Waals surface area contributed by atoms with Gasteiger partial charge in [-0.05, 0) is 47.7 Å². The molecule has 0 fully saturated rings. The average molecular weight is 485 g/mol. The van der Waals surface area contributed by atoms with Crippen LogP contribution in [0.15, 0.2) is 90.5 Å². The van der Waals surface area contributed by atoms with Gasteiger partial charge in [0.15, 0.2) is 11.5 Å². The quantitative estimate of drug-likeness (QED) is 0.417. The Labute approximate surface area is 210 Å². The van der Waals surface area contributed by atoms with Crippen LogP contribution < -0.4 is 0 Å². The number of carbonyl (C=O) groups is 3. The lowest BCUT2D eigenvalue weighted by molar-refractivity contribution is -0.130. The highest BCUT2D eigenvalue weighted by Gasteiger charge is 2.43. The molecule has 7 nitrogen and oxygen atoms in total. The van der Waals surface area contributed by atoms with Gasteiger partial charge in [0.05, 0.1) is 23.8 Å². The van der Waals surface area contributed by atoms with Crippen LogP contribution in [0.3, 0.4) is 0 Å². The van der Waals surface area contributed by atoms with Gasteiger partial charge < -0.3 is 14.7 Å². The number of hydrogen-bond donors (Lipinski definition) is 1. The maximum atomic E-state index is 13.3. The van der Waals surface area contributed by atoms with Crippen LogP contribution in [0.1, 0.15) is 52.9 Å². The maximum absolute atomic E-state index is 13.3. The highest BCUT2D eigenvalue weighted by atomic mass is 16.5. The van der Waals surface area contributed by atoms with Crippen LogP contribution in [-0.2, 0) is 27.3 Å². The lowest BCUT2D eigenvalue weighted by Crippen LogP contribution is -2.30. The number of rotatable bonds is 10. The van der Waals surface area contributed by atoms with Crippen molar-refractivity contribution in [3.8, 4) is 0 Å². The summed E-state index contributed by atoms with van der Waals surface area (Å²) in [5.74, 6) is -1.82. The molecular formula is C29H28N2O5. The molecule has 1 atom stereocenters. The van der Waals surface area contributed by atoms with Crippen LogP contribution in [0.2, 0.25) is 0 Å². The van der Waals surface area contributed by atoms with E-state index in [-0.39, 0.29) is 24.3 Å². The normalized spacial score (nSPS) is 15.3. The molecule has 1 aliphatic rings. The van der Waals surface area contributed by atoms with E-state index in [1.54, 1.807) is 48.8 Å². The second-order valence-electron chi connectivity index (χ2n) is 8.63. The number of carbonyl (C=O) groups excluding carboxylic acids is 3. The zero-order valence-corrected chi connectivity index (χ0v) is 20.1. The van der Waals surface area contributed by atoms with Gasteiger partial charge in [-0.25, -0.2) is 4.79 Å². The van der Waals surface area contributed by atoms with Crippen molar-refractivity contribution in [1.82, 2.24) is 9.88 Å². The Kier molecular flexibility index (Phi) is 7.90. The van der Waals surface area contributed by atoms with Crippen molar-refractivity contribution in [3.05, 3.63) is 113 Å². The molecule has 0 radical (unpaired) electrons. The summed E-state index contributed by atoms with van der Waals surface area (Å²) < 4.78 is 5.16. The van der Waals surface area contributed by atoms with Gasteiger partial charge in [0.1, 0.15) is 0 Å². The Bertz CT molecular complexity index is 1250. The first kappa shape index (κ1) is 24.9. The molecule has 7 heteroatoms. The van der Waals surface area contributed by atoms with E-state index in [9.17, 15) is 19.5 Å². The van der Waals surface area contributed by atoms with E-state index in [1.807, 2.05) is 37.3 Å². The van der Waals surface area contributed by atoms with E-state index in [0.717, 1.165) is 17.5 Å². The van der Waals surface area contributed by atoms with Crippen molar-refractivity contribution in [1.29, 1.82) is 0 Å². The zero-order chi connectivity index (χ0) is 25.5. The number of benzene rings is 2. The monoisotopic (exact) mass is 484 g/mol. The van der Waals surface area contributed by atoms with Crippen molar-refractivity contribution in [2.45, 2.75) is 38.8 Å². The van der Waals surface area contributed by atoms with Gasteiger partial charge in [0.2, 0.25) is 0 Å². The van der Waals surface area contributed by atoms with Crippen LogP contribution in [0.5, 0.6) is 0 Å². The standard InChI is InChI=1S/C29H28N2O5/c1-2-17-36-29(35)22-13-10-21(11-14-22)19-31-26(23-9-6-16-30-18-23)25(27(33)28(31)34)24(32)15-12-20-7-4-3-5-8-20/h3-11,13-14,16,18,26,33H,2,12,15,17,19H2,1H3. The summed E-state index contributed by atoms with van der Waals surface area (Å²) >= 11 is 0. The maximum Gasteiger partial charge on any atom is 0.338 e. The number of aryl methyl sites for hydroxylation is 1. The lowest BCUT2D eigenvalue weighted by Gasteiger charge is -2.26. The third-order valence-corrected chi connectivity index (χ3v) is 6.07. The first-order valence-corrected chi connectivity index (χ1v) is 12.0. The molecule has 4 rings (SSSR count). The van der Waals surface area contributed by atoms with Crippen LogP contribution in [-0.4, -0.2) is 39.3 Å². The van der Waals surface area contributed by atoms with Crippen molar-refractivity contribution in [2.75, 3.05) is 6.61 Å². The van der Waals surface area contributed by atoms with Crippen molar-refractivity contribution < 1.29 is 24.2 Å². The number of nitrogens with zero attached hydrogens (tertiary/aromatic N) is 2. The number of Topliss-reactive ketones (excluding diaryl/α,β-unsaturated/α-hetero) is 1. The number of amides is 1. The summed E-state index contributed by atoms with van der Waals surface area (Å²) in [6, 6.07) is 19.1. The summed E-state index contributed by atoms with van der Waals surface area (Å²) in [5.41, 5.74) is 2.89. The van der Waals surface area contributed by atoms with Gasteiger partial charge in [0, 0.05) is 25.4 Å². The average Bonchev–Trinajstić information content (AvgIpc) is 3.17. The summed E-state index contributed by atoms with van der Waals surface area (Å²) in [7, 11) is 0. The third-order valence-electron chi connectivity index (χ3n) is 6.07. The molecule has 1 aliphatic heterocycles. The molecule has 184 valence electrons. The SMILES string of the molecule is CCCOC(=O)c1ccc(CN2C(=O)C(O)=C(C(=O)CCc3ccccc3)C2c2cccnc2)cc1. The smallest absolute Gasteiger partial charge is 0.338 e. The molecule has 0 bridgehead atoms. The molecule has 2 aromatic carbocycles. The lowest BCUT2D eigenvalue weighted by atomic mass is 9.94. The van der Waals surface area contributed by atoms with Crippen LogP contribution in [0.25, 0.3) is 0 Å². The fraction of sp³-hybridized carbons (Fsp3) is 0.241. The van der Waals surface area contributed by atoms with E-state index in [4.69, 9.17) is 4.74 Å². The minimum absolute atomic E-state index is 0.0868. The second kappa shape index (κ2) is 11.4. The van der Waals surface area contributed by atoms with Gasteiger partial charge in [-0.15, -0.1) is 0 Å². The Balaban J connectivity index is 1.57. The predicted molar refractivity (Wildman–Crippen MR) is 134 cm³/mol. The minimum Gasteiger partial charge on any atom is -0.503 e. The van der Waals surface area contributed by atoms with Crippen molar-refractivity contribution in [2.24, 2.45) is 0 Å². The first-order valence-electron chi connectivity index (χ1n) is 12.0. The van der Waals surface area contributed by atoms with Crippen molar-refractivity contribution >= 4 is 17.7 Å². The molecule has 1 amide bonds. The topological polar surface area (TPSA) is 96.8 Å². The number of hydrogen-bond acceptors (Lipinski definition) is 6.